The van der Waals surface area contributed by atoms with E-state index in [1.165, 1.54) is 10.9 Å². The van der Waals surface area contributed by atoms with Crippen LogP contribution in [0.25, 0.3) is 10.8 Å². The molecular formula is C16H22O3Si. The molecule has 2 rings (SSSR count). The van der Waals surface area contributed by atoms with Crippen LogP contribution in [0.4, 0.5) is 0 Å². The molecule has 0 aliphatic rings. The topological polar surface area (TPSA) is 27.7 Å². The highest BCUT2D eigenvalue weighted by Gasteiger charge is 2.23. The number of hydrogen-bond acceptors (Lipinski definition) is 3. The van der Waals surface area contributed by atoms with Crippen LogP contribution in [0.15, 0.2) is 24.3 Å². The van der Waals surface area contributed by atoms with Gasteiger partial charge in [-0.15, -0.1) is 0 Å². The summed E-state index contributed by atoms with van der Waals surface area (Å²) in [6.07, 6.45) is 1.10. The minimum absolute atomic E-state index is 0.523. The first-order valence-corrected chi connectivity index (χ1v) is 8.05. The van der Waals surface area contributed by atoms with E-state index in [0.29, 0.717) is 11.3 Å². The van der Waals surface area contributed by atoms with Crippen molar-refractivity contribution in [2.24, 2.45) is 0 Å². The zero-order valence-electron chi connectivity index (χ0n) is 12.8. The molecule has 0 radical (unpaired) electrons. The molecule has 0 saturated carbocycles. The van der Waals surface area contributed by atoms with Gasteiger partial charge in [0.2, 0.25) is 5.75 Å². The zero-order chi connectivity index (χ0) is 14.7. The molecule has 0 heterocycles. The molecule has 0 saturated heterocycles. The largest absolute Gasteiger partial charge is 0.492 e. The summed E-state index contributed by atoms with van der Waals surface area (Å²) in [5.74, 6) is 2.25. The smallest absolute Gasteiger partial charge is 0.204 e. The van der Waals surface area contributed by atoms with Gasteiger partial charge >= 0.3 is 0 Å². The molecule has 1 unspecified atom stereocenters. The summed E-state index contributed by atoms with van der Waals surface area (Å²) in [4.78, 5) is 0. The second-order valence-corrected chi connectivity index (χ2v) is 6.26. The summed E-state index contributed by atoms with van der Waals surface area (Å²) in [5, 5.41) is 2.28. The third-order valence-electron chi connectivity index (χ3n) is 3.84. The molecule has 0 fully saturated rings. The average Bonchev–Trinajstić information content (AvgIpc) is 2.51. The van der Waals surface area contributed by atoms with E-state index in [9.17, 15) is 0 Å². The monoisotopic (exact) mass is 290 g/mol. The second-order valence-electron chi connectivity index (χ2n) is 4.87. The van der Waals surface area contributed by atoms with Crippen molar-refractivity contribution in [1.29, 1.82) is 0 Å². The molecular weight excluding hydrogens is 268 g/mol. The summed E-state index contributed by atoms with van der Waals surface area (Å²) in [6.45, 7) is 2.21. The highest BCUT2D eigenvalue weighted by molar-refractivity contribution is 6.15. The molecule has 0 aromatic heterocycles. The van der Waals surface area contributed by atoms with Crippen LogP contribution < -0.4 is 14.2 Å². The Morgan fingerprint density at radius 1 is 0.900 bits per heavy atom. The fraction of sp³-hybridized carbons (Fsp3) is 0.375. The van der Waals surface area contributed by atoms with Gasteiger partial charge in [0.15, 0.2) is 11.5 Å². The van der Waals surface area contributed by atoms with Gasteiger partial charge in [-0.25, -0.2) is 0 Å². The first-order valence-electron chi connectivity index (χ1n) is 6.90. The Hall–Kier alpha value is -1.68. The minimum atomic E-state index is 0.523. The maximum absolute atomic E-state index is 5.66. The van der Waals surface area contributed by atoms with Gasteiger partial charge in [-0.05, 0) is 10.9 Å². The number of ether oxygens (including phenoxy) is 3. The molecule has 3 nitrogen and oxygen atoms in total. The Labute approximate surface area is 123 Å². The van der Waals surface area contributed by atoms with Crippen molar-refractivity contribution < 1.29 is 14.2 Å². The van der Waals surface area contributed by atoms with E-state index in [0.717, 1.165) is 33.5 Å². The summed E-state index contributed by atoms with van der Waals surface area (Å²) in [7, 11) is 6.10. The Bertz CT molecular complexity index is 610. The quantitative estimate of drug-likeness (QED) is 0.792. The predicted octanol–water partition coefficient (Wildman–Crippen LogP) is 2.68. The van der Waals surface area contributed by atoms with Crippen molar-refractivity contribution in [2.45, 2.75) is 18.9 Å². The van der Waals surface area contributed by atoms with Crippen molar-refractivity contribution in [1.82, 2.24) is 0 Å². The van der Waals surface area contributed by atoms with Crippen LogP contribution in [0.2, 0.25) is 0 Å². The van der Waals surface area contributed by atoms with Crippen molar-refractivity contribution in [2.75, 3.05) is 21.3 Å². The number of hydrogen-bond donors (Lipinski definition) is 0. The van der Waals surface area contributed by atoms with Crippen LogP contribution in [-0.2, 0) is 0 Å². The summed E-state index contributed by atoms with van der Waals surface area (Å²) in [6, 6.07) is 8.29. The van der Waals surface area contributed by atoms with Crippen LogP contribution in [-0.4, -0.2) is 31.6 Å². The van der Waals surface area contributed by atoms with Gasteiger partial charge in [-0.1, -0.05) is 37.6 Å². The molecule has 2 aromatic rings. The lowest BCUT2D eigenvalue weighted by Gasteiger charge is -2.22. The van der Waals surface area contributed by atoms with Crippen LogP contribution in [0.3, 0.4) is 0 Å². The van der Waals surface area contributed by atoms with Gasteiger partial charge in [-0.2, -0.15) is 0 Å². The Morgan fingerprint density at radius 2 is 1.45 bits per heavy atom. The lowest BCUT2D eigenvalue weighted by molar-refractivity contribution is 0.325. The first-order chi connectivity index (χ1) is 9.69. The lowest BCUT2D eigenvalue weighted by atomic mass is 9.97. The van der Waals surface area contributed by atoms with Gasteiger partial charge in [0.05, 0.1) is 21.3 Å². The molecule has 0 bridgehead atoms. The van der Waals surface area contributed by atoms with Crippen molar-refractivity contribution in [3.8, 4) is 17.2 Å². The third-order valence-corrected chi connectivity index (χ3v) is 5.23. The van der Waals surface area contributed by atoms with Crippen LogP contribution in [0, 0.1) is 0 Å². The van der Waals surface area contributed by atoms with E-state index >= 15 is 0 Å². The van der Waals surface area contributed by atoms with Crippen molar-refractivity contribution >= 4 is 21.0 Å². The Morgan fingerprint density at radius 3 is 1.95 bits per heavy atom. The number of methoxy groups -OCH3 is 3. The van der Waals surface area contributed by atoms with Crippen molar-refractivity contribution in [3.63, 3.8) is 0 Å². The maximum Gasteiger partial charge on any atom is 0.204 e. The van der Waals surface area contributed by atoms with Crippen molar-refractivity contribution in [3.05, 3.63) is 29.8 Å². The number of benzene rings is 2. The third kappa shape index (κ3) is 2.24. The van der Waals surface area contributed by atoms with Gasteiger partial charge in [0.25, 0.3) is 0 Å². The van der Waals surface area contributed by atoms with E-state index < -0.39 is 0 Å². The minimum Gasteiger partial charge on any atom is -0.492 e. The van der Waals surface area contributed by atoms with E-state index in [4.69, 9.17) is 14.2 Å². The highest BCUT2D eigenvalue weighted by atomic mass is 28.1. The van der Waals surface area contributed by atoms with Crippen LogP contribution in [0.5, 0.6) is 17.2 Å². The van der Waals surface area contributed by atoms with Gasteiger partial charge in [-0.3, -0.25) is 0 Å². The normalized spacial score (nSPS) is 12.4. The molecule has 0 aliphatic carbocycles. The maximum atomic E-state index is 5.66. The SMILES string of the molecule is CCC([SiH3])c1c(OC)c(OC)c(OC)c2ccccc12. The summed E-state index contributed by atoms with van der Waals surface area (Å²) in [5.41, 5.74) is 1.77. The summed E-state index contributed by atoms with van der Waals surface area (Å²) >= 11 is 0. The lowest BCUT2D eigenvalue weighted by Crippen LogP contribution is -2.05. The molecule has 1 atom stereocenters. The molecule has 0 aliphatic heterocycles. The molecule has 2 aromatic carbocycles. The van der Waals surface area contributed by atoms with Gasteiger partial charge in [0.1, 0.15) is 0 Å². The number of rotatable bonds is 5. The Balaban J connectivity index is 2.94. The zero-order valence-corrected chi connectivity index (χ0v) is 14.8. The molecule has 20 heavy (non-hydrogen) atoms. The average molecular weight is 290 g/mol. The molecule has 0 spiro atoms. The van der Waals surface area contributed by atoms with E-state index in [2.05, 4.69) is 25.1 Å². The molecule has 0 N–H and O–H groups in total. The standard InChI is InChI=1S/C16H22O3Si/c1-5-12(20)13-10-8-6-7-9-11(10)14(17-2)16(19-4)15(13)18-3/h6-9,12H,5H2,1-4,20H3. The predicted molar refractivity (Wildman–Crippen MR) is 86.6 cm³/mol. The second kappa shape index (κ2) is 6.18. The molecule has 108 valence electrons. The van der Waals surface area contributed by atoms with E-state index in [1.807, 2.05) is 6.07 Å². The molecule has 0 amide bonds. The fourth-order valence-electron chi connectivity index (χ4n) is 2.67. The van der Waals surface area contributed by atoms with E-state index in [-0.39, 0.29) is 0 Å². The van der Waals surface area contributed by atoms with Crippen LogP contribution >= 0.6 is 0 Å². The number of fused-ring (bicyclic) bond motifs is 1. The highest BCUT2D eigenvalue weighted by Crippen LogP contribution is 2.48. The van der Waals surface area contributed by atoms with Gasteiger partial charge < -0.3 is 14.2 Å². The van der Waals surface area contributed by atoms with E-state index in [1.54, 1.807) is 21.3 Å². The molecule has 4 heteroatoms. The summed E-state index contributed by atoms with van der Waals surface area (Å²) < 4.78 is 16.8. The van der Waals surface area contributed by atoms with Crippen LogP contribution in [0.1, 0.15) is 24.4 Å². The van der Waals surface area contributed by atoms with Gasteiger partial charge in [0, 0.05) is 21.2 Å². The Kier molecular flexibility index (Phi) is 4.55. The fourth-order valence-corrected chi connectivity index (χ4v) is 3.24. The first kappa shape index (κ1) is 14.7.